The van der Waals surface area contributed by atoms with Crippen molar-refractivity contribution in [3.05, 3.63) is 88.7 Å². The maximum Gasteiger partial charge on any atom is 0.251 e. The summed E-state index contributed by atoms with van der Waals surface area (Å²) in [4.78, 5) is 13.7. The van der Waals surface area contributed by atoms with E-state index in [-0.39, 0.29) is 22.7 Å². The number of carbonyl (C=O) groups excluding carboxylic acids is 1. The molecule has 1 spiro atoms. The van der Waals surface area contributed by atoms with Gasteiger partial charge in [-0.05, 0) is 62.3 Å². The van der Waals surface area contributed by atoms with Crippen molar-refractivity contribution in [1.29, 1.82) is 0 Å². The predicted molar refractivity (Wildman–Crippen MR) is 115 cm³/mol. The monoisotopic (exact) mass is 384 g/mol. The van der Waals surface area contributed by atoms with Crippen molar-refractivity contribution in [2.24, 2.45) is 5.92 Å². The molecule has 5 rings (SSSR count). The van der Waals surface area contributed by atoms with Crippen molar-refractivity contribution in [3.63, 3.8) is 0 Å². The lowest BCUT2D eigenvalue weighted by Gasteiger charge is -2.65. The van der Waals surface area contributed by atoms with E-state index in [2.05, 4.69) is 66.6 Å². The van der Waals surface area contributed by atoms with Crippen LogP contribution in [0.3, 0.4) is 0 Å². The van der Waals surface area contributed by atoms with Crippen molar-refractivity contribution in [1.82, 2.24) is 9.78 Å². The number of hydrogen-bond donors (Lipinski definition) is 0. The molecule has 3 heteroatoms. The van der Waals surface area contributed by atoms with Crippen LogP contribution in [0.1, 0.15) is 59.1 Å². The molecule has 2 aliphatic carbocycles. The van der Waals surface area contributed by atoms with E-state index < -0.39 is 0 Å². The second kappa shape index (κ2) is 6.41. The Labute approximate surface area is 172 Å². The molecule has 29 heavy (non-hydrogen) atoms. The number of aromatic nitrogens is 2. The Kier molecular flexibility index (Phi) is 4.06. The third-order valence-electron chi connectivity index (χ3n) is 7.72. The van der Waals surface area contributed by atoms with Crippen LogP contribution in [0, 0.1) is 19.8 Å². The van der Waals surface area contributed by atoms with Gasteiger partial charge >= 0.3 is 0 Å². The summed E-state index contributed by atoms with van der Waals surface area (Å²) >= 11 is 0. The van der Waals surface area contributed by atoms with Crippen LogP contribution in [-0.2, 0) is 17.3 Å². The minimum atomic E-state index is -0.242. The SMILES string of the molecule is Cc1cc(C)n(C(=O)[C@H]2C[C@]3(CCCc4ccccc43)[C@]2(C)c2ccccc2)n1. The second-order valence-corrected chi connectivity index (χ2v) is 9.10. The average molecular weight is 385 g/mol. The van der Waals surface area contributed by atoms with Gasteiger partial charge in [-0.15, -0.1) is 0 Å². The van der Waals surface area contributed by atoms with Crippen molar-refractivity contribution >= 4 is 5.91 Å². The van der Waals surface area contributed by atoms with E-state index in [0.29, 0.717) is 0 Å². The standard InChI is InChI=1S/C26H28N2O/c1-18-16-19(2)28(27-18)24(29)23-17-26(25(23,3)21-12-5-4-6-13-21)15-9-11-20-10-7-8-14-22(20)26/h4-8,10,12-14,16,23H,9,11,15,17H2,1-3H3/t23-,25-,26+/m1/s1. The Bertz CT molecular complexity index is 1080. The number of carbonyl (C=O) groups is 1. The first kappa shape index (κ1) is 18.4. The fourth-order valence-electron chi connectivity index (χ4n) is 6.23. The van der Waals surface area contributed by atoms with Crippen LogP contribution in [0.2, 0.25) is 0 Å². The largest absolute Gasteiger partial charge is 0.272 e. The summed E-state index contributed by atoms with van der Waals surface area (Å²) in [7, 11) is 0. The lowest BCUT2D eigenvalue weighted by atomic mass is 9.37. The normalized spacial score (nSPS) is 28.0. The molecule has 1 aromatic heterocycles. The van der Waals surface area contributed by atoms with E-state index >= 15 is 0 Å². The van der Waals surface area contributed by atoms with Crippen LogP contribution >= 0.6 is 0 Å². The van der Waals surface area contributed by atoms with E-state index in [1.807, 2.05) is 19.9 Å². The lowest BCUT2D eigenvalue weighted by Crippen LogP contribution is -2.66. The Hall–Kier alpha value is -2.68. The molecule has 148 valence electrons. The number of hydrogen-bond acceptors (Lipinski definition) is 2. The topological polar surface area (TPSA) is 34.9 Å². The van der Waals surface area contributed by atoms with Crippen molar-refractivity contribution < 1.29 is 4.79 Å². The molecule has 2 aliphatic rings. The first-order valence-corrected chi connectivity index (χ1v) is 10.7. The summed E-state index contributed by atoms with van der Waals surface area (Å²) in [6.07, 6.45) is 4.35. The Morgan fingerprint density at radius 3 is 2.52 bits per heavy atom. The van der Waals surface area contributed by atoms with Gasteiger partial charge in [-0.25, -0.2) is 4.68 Å². The smallest absolute Gasteiger partial charge is 0.251 e. The van der Waals surface area contributed by atoms with Gasteiger partial charge in [-0.3, -0.25) is 4.79 Å². The number of nitrogens with zero attached hydrogens (tertiary/aromatic N) is 2. The number of rotatable bonds is 2. The third kappa shape index (κ3) is 2.43. The molecular weight excluding hydrogens is 356 g/mol. The van der Waals surface area contributed by atoms with Gasteiger partial charge in [-0.2, -0.15) is 5.10 Å². The number of benzene rings is 2. The highest BCUT2D eigenvalue weighted by atomic mass is 16.2. The predicted octanol–water partition coefficient (Wildman–Crippen LogP) is 5.39. The highest BCUT2D eigenvalue weighted by molar-refractivity contribution is 5.85. The van der Waals surface area contributed by atoms with Gasteiger partial charge in [-0.1, -0.05) is 61.5 Å². The van der Waals surface area contributed by atoms with Crippen LogP contribution in [-0.4, -0.2) is 15.7 Å². The summed E-state index contributed by atoms with van der Waals surface area (Å²) in [5, 5.41) is 4.52. The second-order valence-electron chi connectivity index (χ2n) is 9.10. The molecule has 1 fully saturated rings. The van der Waals surface area contributed by atoms with Crippen molar-refractivity contribution in [2.75, 3.05) is 0 Å². The molecule has 1 saturated carbocycles. The molecular formula is C26H28N2O. The van der Waals surface area contributed by atoms with E-state index in [0.717, 1.165) is 30.7 Å². The lowest BCUT2D eigenvalue weighted by molar-refractivity contribution is -0.00946. The van der Waals surface area contributed by atoms with Crippen LogP contribution in [0.15, 0.2) is 60.7 Å². The molecule has 0 saturated heterocycles. The summed E-state index contributed by atoms with van der Waals surface area (Å²) < 4.78 is 1.64. The van der Waals surface area contributed by atoms with Gasteiger partial charge < -0.3 is 0 Å². The molecule has 3 nitrogen and oxygen atoms in total. The van der Waals surface area contributed by atoms with E-state index in [1.165, 1.54) is 23.1 Å². The van der Waals surface area contributed by atoms with Crippen molar-refractivity contribution in [2.45, 2.75) is 57.3 Å². The molecule has 0 bridgehead atoms. The molecule has 0 radical (unpaired) electrons. The Morgan fingerprint density at radius 1 is 1.07 bits per heavy atom. The molecule has 3 aromatic rings. The zero-order valence-corrected chi connectivity index (χ0v) is 17.5. The average Bonchev–Trinajstić information content (AvgIpc) is 3.09. The Morgan fingerprint density at radius 2 is 1.79 bits per heavy atom. The highest BCUT2D eigenvalue weighted by Crippen LogP contribution is 2.66. The zero-order valence-electron chi connectivity index (χ0n) is 17.5. The van der Waals surface area contributed by atoms with Gasteiger partial charge in [0.2, 0.25) is 0 Å². The molecule has 0 amide bonds. The zero-order chi connectivity index (χ0) is 20.2. The maximum atomic E-state index is 13.7. The summed E-state index contributed by atoms with van der Waals surface area (Å²) in [6.45, 7) is 6.25. The van der Waals surface area contributed by atoms with Gasteiger partial charge in [0.15, 0.2) is 0 Å². The fraction of sp³-hybridized carbons (Fsp3) is 0.385. The van der Waals surface area contributed by atoms with Gasteiger partial charge in [0.05, 0.1) is 11.6 Å². The first-order chi connectivity index (χ1) is 14.0. The quantitative estimate of drug-likeness (QED) is 0.593. The highest BCUT2D eigenvalue weighted by Gasteiger charge is 2.67. The molecule has 2 aromatic carbocycles. The molecule has 0 N–H and O–H groups in total. The number of aryl methyl sites for hydroxylation is 3. The van der Waals surface area contributed by atoms with E-state index in [4.69, 9.17) is 0 Å². The molecule has 1 heterocycles. The molecule has 3 atom stereocenters. The fourth-order valence-corrected chi connectivity index (χ4v) is 6.23. The van der Waals surface area contributed by atoms with Gasteiger partial charge in [0.1, 0.15) is 0 Å². The summed E-state index contributed by atoms with van der Waals surface area (Å²) in [5.41, 5.74) is 5.77. The first-order valence-electron chi connectivity index (χ1n) is 10.7. The summed E-state index contributed by atoms with van der Waals surface area (Å²) in [5.74, 6) is 0.0599. The van der Waals surface area contributed by atoms with Gasteiger partial charge in [0, 0.05) is 16.5 Å². The minimum Gasteiger partial charge on any atom is -0.272 e. The molecule has 0 aliphatic heterocycles. The van der Waals surface area contributed by atoms with Crippen LogP contribution in [0.5, 0.6) is 0 Å². The third-order valence-corrected chi connectivity index (χ3v) is 7.72. The summed E-state index contributed by atoms with van der Waals surface area (Å²) in [6, 6.07) is 21.6. The van der Waals surface area contributed by atoms with E-state index in [9.17, 15) is 4.79 Å². The van der Waals surface area contributed by atoms with E-state index in [1.54, 1.807) is 4.68 Å². The number of fused-ring (bicyclic) bond motifs is 2. The van der Waals surface area contributed by atoms with Crippen LogP contribution < -0.4 is 0 Å². The maximum absolute atomic E-state index is 13.7. The van der Waals surface area contributed by atoms with Crippen molar-refractivity contribution in [3.8, 4) is 0 Å². The minimum absolute atomic E-state index is 0.0135. The molecule has 0 unspecified atom stereocenters. The van der Waals surface area contributed by atoms with Crippen LogP contribution in [0.25, 0.3) is 0 Å². The van der Waals surface area contributed by atoms with Gasteiger partial charge in [0.25, 0.3) is 5.91 Å². The van der Waals surface area contributed by atoms with Crippen LogP contribution in [0.4, 0.5) is 0 Å². The Balaban J connectivity index is 1.67.